The topological polar surface area (TPSA) is 75.4 Å². The Kier molecular flexibility index (Phi) is 4.90. The molecule has 5 heteroatoms. The Morgan fingerprint density at radius 2 is 1.88 bits per heavy atom. The Balaban J connectivity index is 1.64. The second kappa shape index (κ2) is 6.93. The largest absolute Gasteiger partial charge is 0.334 e. The second-order valence-corrected chi connectivity index (χ2v) is 7.40. The van der Waals surface area contributed by atoms with Gasteiger partial charge in [-0.2, -0.15) is 0 Å². The molecule has 2 aliphatic rings. The van der Waals surface area contributed by atoms with Gasteiger partial charge in [-0.25, -0.2) is 0 Å². The van der Waals surface area contributed by atoms with Crippen LogP contribution in [0.15, 0.2) is 24.3 Å². The van der Waals surface area contributed by atoms with Gasteiger partial charge >= 0.3 is 0 Å². The van der Waals surface area contributed by atoms with Crippen molar-refractivity contribution in [3.63, 3.8) is 0 Å². The Morgan fingerprint density at radius 3 is 2.46 bits per heavy atom. The normalized spacial score (nSPS) is 29.2. The molecule has 4 unspecified atom stereocenters. The summed E-state index contributed by atoms with van der Waals surface area (Å²) in [7, 11) is 0. The maximum atomic E-state index is 12.8. The van der Waals surface area contributed by atoms with Crippen LogP contribution in [0.25, 0.3) is 0 Å². The van der Waals surface area contributed by atoms with E-state index in [-0.39, 0.29) is 23.8 Å². The van der Waals surface area contributed by atoms with Gasteiger partial charge in [0.2, 0.25) is 5.91 Å². The van der Waals surface area contributed by atoms with Gasteiger partial charge in [0, 0.05) is 36.3 Å². The maximum absolute atomic E-state index is 12.8. The average Bonchev–Trinajstić information content (AvgIpc) is 3.32. The summed E-state index contributed by atoms with van der Waals surface area (Å²) >= 11 is 0. The number of hydrogen-bond acceptors (Lipinski definition) is 3. The fourth-order valence-electron chi connectivity index (χ4n) is 3.53. The lowest BCUT2D eigenvalue weighted by Crippen LogP contribution is -2.49. The number of anilines is 1. The SMILES string of the molecule is CC1CCN(C(=O)c2ccc(NC(=O)C3CC3C)cc2)C(CN)C1. The second-order valence-electron chi connectivity index (χ2n) is 7.40. The number of nitrogens with zero attached hydrogens (tertiary/aromatic N) is 1. The number of likely N-dealkylation sites (tertiary alicyclic amines) is 1. The third kappa shape index (κ3) is 3.61. The Bertz CT molecular complexity index is 614. The number of nitrogens with one attached hydrogen (secondary N) is 1. The Labute approximate surface area is 143 Å². The van der Waals surface area contributed by atoms with Crippen LogP contribution in [0.1, 0.15) is 43.5 Å². The van der Waals surface area contributed by atoms with Crippen molar-refractivity contribution in [2.24, 2.45) is 23.5 Å². The van der Waals surface area contributed by atoms with Gasteiger partial charge in [0.05, 0.1) is 0 Å². The molecule has 0 radical (unpaired) electrons. The molecule has 1 heterocycles. The molecular weight excluding hydrogens is 302 g/mol. The highest BCUT2D eigenvalue weighted by Gasteiger charge is 2.39. The molecule has 1 aliphatic heterocycles. The average molecular weight is 329 g/mol. The minimum Gasteiger partial charge on any atom is -0.334 e. The maximum Gasteiger partial charge on any atom is 0.254 e. The number of nitrogens with two attached hydrogens (primary N) is 1. The van der Waals surface area contributed by atoms with Gasteiger partial charge in [-0.1, -0.05) is 13.8 Å². The number of piperidine rings is 1. The van der Waals surface area contributed by atoms with Crippen molar-refractivity contribution in [1.82, 2.24) is 4.90 Å². The molecule has 0 aromatic heterocycles. The number of benzene rings is 1. The molecule has 24 heavy (non-hydrogen) atoms. The van der Waals surface area contributed by atoms with E-state index in [2.05, 4.69) is 19.2 Å². The third-order valence-electron chi connectivity index (χ3n) is 5.36. The van der Waals surface area contributed by atoms with Gasteiger partial charge in [0.1, 0.15) is 0 Å². The van der Waals surface area contributed by atoms with E-state index in [1.807, 2.05) is 17.0 Å². The van der Waals surface area contributed by atoms with Crippen LogP contribution in [0.4, 0.5) is 5.69 Å². The molecule has 1 aromatic carbocycles. The van der Waals surface area contributed by atoms with E-state index >= 15 is 0 Å². The van der Waals surface area contributed by atoms with Gasteiger partial charge in [-0.05, 0) is 55.4 Å². The highest BCUT2D eigenvalue weighted by atomic mass is 16.2. The number of amides is 2. The minimum absolute atomic E-state index is 0.0334. The minimum atomic E-state index is 0.0334. The summed E-state index contributed by atoms with van der Waals surface area (Å²) in [5.74, 6) is 1.36. The monoisotopic (exact) mass is 329 g/mol. The molecule has 3 N–H and O–H groups in total. The van der Waals surface area contributed by atoms with Crippen LogP contribution >= 0.6 is 0 Å². The Morgan fingerprint density at radius 1 is 1.21 bits per heavy atom. The van der Waals surface area contributed by atoms with Crippen molar-refractivity contribution in [3.05, 3.63) is 29.8 Å². The van der Waals surface area contributed by atoms with Crippen LogP contribution < -0.4 is 11.1 Å². The van der Waals surface area contributed by atoms with Gasteiger partial charge in [-0.3, -0.25) is 9.59 Å². The molecule has 1 aliphatic carbocycles. The highest BCUT2D eigenvalue weighted by Crippen LogP contribution is 2.38. The molecule has 1 aromatic rings. The van der Waals surface area contributed by atoms with Crippen LogP contribution in [-0.2, 0) is 4.79 Å². The number of hydrogen-bond donors (Lipinski definition) is 2. The molecule has 5 nitrogen and oxygen atoms in total. The quantitative estimate of drug-likeness (QED) is 0.891. The number of carbonyl (C=O) groups is 2. The summed E-state index contributed by atoms with van der Waals surface area (Å²) in [6.07, 6.45) is 2.96. The summed E-state index contributed by atoms with van der Waals surface area (Å²) in [4.78, 5) is 26.6. The summed E-state index contributed by atoms with van der Waals surface area (Å²) in [6.45, 7) is 5.56. The van der Waals surface area contributed by atoms with Crippen molar-refractivity contribution in [1.29, 1.82) is 0 Å². The van der Waals surface area contributed by atoms with E-state index in [9.17, 15) is 9.59 Å². The fourth-order valence-corrected chi connectivity index (χ4v) is 3.53. The van der Waals surface area contributed by atoms with E-state index in [1.54, 1.807) is 12.1 Å². The number of carbonyl (C=O) groups excluding carboxylic acids is 2. The Hall–Kier alpha value is -1.88. The first-order chi connectivity index (χ1) is 11.5. The molecule has 4 atom stereocenters. The van der Waals surface area contributed by atoms with Crippen molar-refractivity contribution >= 4 is 17.5 Å². The van der Waals surface area contributed by atoms with Gasteiger partial charge < -0.3 is 16.0 Å². The summed E-state index contributed by atoms with van der Waals surface area (Å²) in [5.41, 5.74) is 7.26. The lowest BCUT2D eigenvalue weighted by Gasteiger charge is -2.38. The van der Waals surface area contributed by atoms with Crippen molar-refractivity contribution in [2.45, 2.75) is 39.2 Å². The van der Waals surface area contributed by atoms with Crippen LogP contribution in [-0.4, -0.2) is 35.8 Å². The van der Waals surface area contributed by atoms with E-state index in [1.165, 1.54) is 0 Å². The smallest absolute Gasteiger partial charge is 0.254 e. The third-order valence-corrected chi connectivity index (χ3v) is 5.36. The first-order valence-electron chi connectivity index (χ1n) is 8.91. The van der Waals surface area contributed by atoms with Crippen molar-refractivity contribution in [2.75, 3.05) is 18.4 Å². The van der Waals surface area contributed by atoms with Crippen molar-refractivity contribution < 1.29 is 9.59 Å². The molecule has 1 saturated carbocycles. The summed E-state index contributed by atoms with van der Waals surface area (Å²) in [6, 6.07) is 7.32. The highest BCUT2D eigenvalue weighted by molar-refractivity contribution is 5.97. The van der Waals surface area contributed by atoms with Crippen LogP contribution in [0.3, 0.4) is 0 Å². The predicted octanol–water partition coefficient (Wildman–Crippen LogP) is 2.48. The van der Waals surface area contributed by atoms with Gasteiger partial charge in [-0.15, -0.1) is 0 Å². The predicted molar refractivity (Wildman–Crippen MR) is 94.6 cm³/mol. The lowest BCUT2D eigenvalue weighted by molar-refractivity contribution is -0.117. The van der Waals surface area contributed by atoms with Crippen LogP contribution in [0.5, 0.6) is 0 Å². The van der Waals surface area contributed by atoms with E-state index < -0.39 is 0 Å². The molecule has 130 valence electrons. The first kappa shape index (κ1) is 17.0. The molecule has 2 amide bonds. The van der Waals surface area contributed by atoms with E-state index in [4.69, 9.17) is 5.73 Å². The first-order valence-corrected chi connectivity index (χ1v) is 8.91. The molecule has 1 saturated heterocycles. The standard InChI is InChI=1S/C19H27N3O2/c1-12-7-8-22(16(9-12)11-20)19(24)14-3-5-15(6-4-14)21-18(23)17-10-13(17)2/h3-6,12-13,16-17H,7-11,20H2,1-2H3,(H,21,23). The zero-order valence-corrected chi connectivity index (χ0v) is 14.5. The molecular formula is C19H27N3O2. The zero-order valence-electron chi connectivity index (χ0n) is 14.5. The van der Waals surface area contributed by atoms with Gasteiger partial charge in [0.15, 0.2) is 0 Å². The van der Waals surface area contributed by atoms with E-state index in [0.29, 0.717) is 23.9 Å². The van der Waals surface area contributed by atoms with Gasteiger partial charge in [0.25, 0.3) is 5.91 Å². The molecule has 0 spiro atoms. The molecule has 0 bridgehead atoms. The zero-order chi connectivity index (χ0) is 17.3. The molecule has 3 rings (SSSR count). The molecule has 2 fully saturated rings. The van der Waals surface area contributed by atoms with Crippen molar-refractivity contribution in [3.8, 4) is 0 Å². The van der Waals surface area contributed by atoms with Crippen LogP contribution in [0.2, 0.25) is 0 Å². The summed E-state index contributed by atoms with van der Waals surface area (Å²) < 4.78 is 0. The number of rotatable bonds is 4. The lowest BCUT2D eigenvalue weighted by atomic mass is 9.92. The van der Waals surface area contributed by atoms with Crippen LogP contribution in [0, 0.1) is 17.8 Å². The fraction of sp³-hybridized carbons (Fsp3) is 0.579. The summed E-state index contributed by atoms with van der Waals surface area (Å²) in [5, 5.41) is 2.92. The van der Waals surface area contributed by atoms with E-state index in [0.717, 1.165) is 31.5 Å².